The van der Waals surface area contributed by atoms with E-state index >= 15 is 0 Å². The second-order valence-corrected chi connectivity index (χ2v) is 11.3. The molecule has 9 heteroatoms. The molecule has 1 aliphatic heterocycles. The number of halogens is 1. The Labute approximate surface area is 250 Å². The quantitative estimate of drug-likeness (QED) is 0.136. The molecule has 0 aliphatic carbocycles. The maximum atomic E-state index is 14.1. The Bertz CT molecular complexity index is 1810. The molecular formula is C32H27ClN2O4S2. The molecule has 0 N–H and O–H groups in total. The van der Waals surface area contributed by atoms with Crippen molar-refractivity contribution in [2.75, 3.05) is 19.5 Å². The van der Waals surface area contributed by atoms with Crippen LogP contribution in [-0.2, 0) is 9.53 Å². The van der Waals surface area contributed by atoms with E-state index in [0.717, 1.165) is 16.0 Å². The summed E-state index contributed by atoms with van der Waals surface area (Å²) in [6.07, 6.45) is 5.40. The van der Waals surface area contributed by atoms with Crippen molar-refractivity contribution < 1.29 is 14.3 Å². The molecule has 5 rings (SSSR count). The van der Waals surface area contributed by atoms with Crippen molar-refractivity contribution >= 4 is 52.4 Å². The number of hydrogen-bond donors (Lipinski definition) is 0. The van der Waals surface area contributed by atoms with E-state index in [9.17, 15) is 9.59 Å². The van der Waals surface area contributed by atoms with Crippen molar-refractivity contribution in [3.05, 3.63) is 132 Å². The number of ether oxygens (including phenoxy) is 2. The summed E-state index contributed by atoms with van der Waals surface area (Å²) in [5, 5.41) is 0.512. The molecule has 1 aromatic heterocycles. The Morgan fingerprint density at radius 1 is 1.15 bits per heavy atom. The van der Waals surface area contributed by atoms with Gasteiger partial charge in [-0.25, -0.2) is 9.79 Å². The Balaban J connectivity index is 1.80. The van der Waals surface area contributed by atoms with Crippen LogP contribution in [0.25, 0.3) is 11.8 Å². The Morgan fingerprint density at radius 3 is 2.59 bits per heavy atom. The average molecular weight is 603 g/mol. The van der Waals surface area contributed by atoms with Crippen LogP contribution < -0.4 is 19.6 Å². The van der Waals surface area contributed by atoms with Gasteiger partial charge in [-0.05, 0) is 55.2 Å². The molecule has 2 heterocycles. The summed E-state index contributed by atoms with van der Waals surface area (Å²) in [5.74, 6) is 0.0554. The molecule has 3 aromatic carbocycles. The molecule has 1 atom stereocenters. The first kappa shape index (κ1) is 28.7. The van der Waals surface area contributed by atoms with Gasteiger partial charge in [-0.3, -0.25) is 9.36 Å². The molecule has 0 spiro atoms. The van der Waals surface area contributed by atoms with Gasteiger partial charge >= 0.3 is 5.97 Å². The van der Waals surface area contributed by atoms with Gasteiger partial charge < -0.3 is 9.47 Å². The van der Waals surface area contributed by atoms with E-state index in [-0.39, 0.29) is 12.2 Å². The maximum Gasteiger partial charge on any atom is 0.338 e. The van der Waals surface area contributed by atoms with Gasteiger partial charge in [0, 0.05) is 21.0 Å². The molecule has 0 unspecified atom stereocenters. The number of carbonyl (C=O) groups is 1. The summed E-state index contributed by atoms with van der Waals surface area (Å²) < 4.78 is 13.4. The topological polar surface area (TPSA) is 69.9 Å². The number of nitrogens with zero attached hydrogens (tertiary/aromatic N) is 2. The number of fused-ring (bicyclic) bond motifs is 1. The molecule has 0 amide bonds. The first-order valence-corrected chi connectivity index (χ1v) is 15.3. The zero-order valence-corrected chi connectivity index (χ0v) is 24.9. The third-order valence-electron chi connectivity index (χ3n) is 6.42. The molecule has 0 radical (unpaired) electrons. The standard InChI is InChI=1S/C32H27ClN2O4S2/c1-4-17-39-25-16-13-23(33)18-22(25)19-26-30(36)35-29(21-11-14-24(40-3)15-12-21)27(31(37)38-5-2)28(34-32(35)41-26)20-9-7-6-8-10-20/h4,6-16,18-19,29H,1,5,17H2,2-3H3/b26-19-/t29-/m0/s1. The predicted octanol–water partition coefficient (Wildman–Crippen LogP) is 5.88. The fraction of sp³-hybridized carbons (Fsp3) is 0.156. The Hall–Kier alpha value is -3.85. The fourth-order valence-electron chi connectivity index (χ4n) is 4.60. The van der Waals surface area contributed by atoms with E-state index in [1.165, 1.54) is 11.3 Å². The van der Waals surface area contributed by atoms with Crippen molar-refractivity contribution in [1.82, 2.24) is 4.57 Å². The predicted molar refractivity (Wildman–Crippen MR) is 166 cm³/mol. The second kappa shape index (κ2) is 12.8. The lowest BCUT2D eigenvalue weighted by atomic mass is 9.93. The molecule has 6 nitrogen and oxygen atoms in total. The smallest absolute Gasteiger partial charge is 0.338 e. The lowest BCUT2D eigenvalue weighted by Gasteiger charge is -2.26. The van der Waals surface area contributed by atoms with E-state index in [4.69, 9.17) is 26.1 Å². The summed E-state index contributed by atoms with van der Waals surface area (Å²) >= 11 is 9.16. The number of carbonyl (C=O) groups excluding carboxylic acids is 1. The highest BCUT2D eigenvalue weighted by atomic mass is 35.5. The number of hydrogen-bond acceptors (Lipinski definition) is 7. The minimum absolute atomic E-state index is 0.190. The van der Waals surface area contributed by atoms with Crippen molar-refractivity contribution in [3.63, 3.8) is 0 Å². The van der Waals surface area contributed by atoms with E-state index in [2.05, 4.69) is 6.58 Å². The number of thioether (sulfide) groups is 1. The molecule has 1 aliphatic rings. The molecule has 0 bridgehead atoms. The monoisotopic (exact) mass is 602 g/mol. The van der Waals surface area contributed by atoms with Gasteiger partial charge in [0.2, 0.25) is 0 Å². The first-order chi connectivity index (χ1) is 19.9. The lowest BCUT2D eigenvalue weighted by Crippen LogP contribution is -2.40. The van der Waals surface area contributed by atoms with Crippen LogP contribution in [-0.4, -0.2) is 30.0 Å². The largest absolute Gasteiger partial charge is 0.489 e. The Morgan fingerprint density at radius 2 is 1.90 bits per heavy atom. The number of rotatable bonds is 9. The zero-order valence-electron chi connectivity index (χ0n) is 22.5. The molecule has 0 fully saturated rings. The van der Waals surface area contributed by atoms with Crippen LogP contribution >= 0.6 is 34.7 Å². The van der Waals surface area contributed by atoms with Crippen molar-refractivity contribution in [3.8, 4) is 5.75 Å². The van der Waals surface area contributed by atoms with Gasteiger partial charge in [0.25, 0.3) is 5.56 Å². The van der Waals surface area contributed by atoms with Crippen LogP contribution in [0.2, 0.25) is 5.02 Å². The fourth-order valence-corrected chi connectivity index (χ4v) is 6.18. The van der Waals surface area contributed by atoms with Crippen molar-refractivity contribution in [1.29, 1.82) is 0 Å². The van der Waals surface area contributed by atoms with Crippen LogP contribution in [0, 0.1) is 0 Å². The minimum atomic E-state index is -0.741. The molecular weight excluding hydrogens is 576 g/mol. The van der Waals surface area contributed by atoms with Gasteiger partial charge in [0.15, 0.2) is 4.80 Å². The van der Waals surface area contributed by atoms with Crippen molar-refractivity contribution in [2.45, 2.75) is 17.9 Å². The van der Waals surface area contributed by atoms with Gasteiger partial charge in [-0.2, -0.15) is 0 Å². The summed E-state index contributed by atoms with van der Waals surface area (Å²) in [6, 6.07) is 21.8. The molecule has 41 heavy (non-hydrogen) atoms. The summed E-state index contributed by atoms with van der Waals surface area (Å²) in [6.45, 7) is 5.96. The minimum Gasteiger partial charge on any atom is -0.489 e. The van der Waals surface area contributed by atoms with E-state index in [0.29, 0.717) is 43.5 Å². The maximum absolute atomic E-state index is 14.1. The third kappa shape index (κ3) is 5.95. The van der Waals surface area contributed by atoms with E-state index in [1.54, 1.807) is 53.6 Å². The zero-order chi connectivity index (χ0) is 28.9. The normalized spacial score (nSPS) is 14.8. The third-order valence-corrected chi connectivity index (χ3v) is 8.38. The molecule has 0 saturated heterocycles. The number of thiazole rings is 1. The van der Waals surface area contributed by atoms with Crippen LogP contribution in [0.4, 0.5) is 0 Å². The van der Waals surface area contributed by atoms with Gasteiger partial charge in [0.1, 0.15) is 12.4 Å². The summed E-state index contributed by atoms with van der Waals surface area (Å²) in [5.41, 5.74) is 2.70. The van der Waals surface area contributed by atoms with Crippen LogP contribution in [0.5, 0.6) is 5.75 Å². The van der Waals surface area contributed by atoms with E-state index in [1.807, 2.05) is 60.9 Å². The van der Waals surface area contributed by atoms with Crippen LogP contribution in [0.3, 0.4) is 0 Å². The molecule has 208 valence electrons. The number of aromatic nitrogens is 1. The molecule has 0 saturated carbocycles. The van der Waals surface area contributed by atoms with Gasteiger partial charge in [-0.1, -0.05) is 78.1 Å². The van der Waals surface area contributed by atoms with Crippen molar-refractivity contribution in [2.24, 2.45) is 4.99 Å². The van der Waals surface area contributed by atoms with E-state index < -0.39 is 12.0 Å². The van der Waals surface area contributed by atoms with Gasteiger partial charge in [-0.15, -0.1) is 11.8 Å². The van der Waals surface area contributed by atoms with Crippen LogP contribution in [0.1, 0.15) is 29.7 Å². The molecule has 4 aromatic rings. The lowest BCUT2D eigenvalue weighted by molar-refractivity contribution is -0.138. The highest BCUT2D eigenvalue weighted by Gasteiger charge is 2.35. The highest BCUT2D eigenvalue weighted by molar-refractivity contribution is 7.98. The number of benzene rings is 3. The summed E-state index contributed by atoms with van der Waals surface area (Å²) in [4.78, 5) is 34.1. The van der Waals surface area contributed by atoms with Crippen LogP contribution in [0.15, 0.2) is 106 Å². The summed E-state index contributed by atoms with van der Waals surface area (Å²) in [7, 11) is 0. The Kier molecular flexibility index (Phi) is 8.93. The van der Waals surface area contributed by atoms with Gasteiger partial charge in [0.05, 0.1) is 28.5 Å². The highest BCUT2D eigenvalue weighted by Crippen LogP contribution is 2.35. The first-order valence-electron chi connectivity index (χ1n) is 12.9. The number of esters is 1. The average Bonchev–Trinajstić information content (AvgIpc) is 3.30. The second-order valence-electron chi connectivity index (χ2n) is 8.99. The SMILES string of the molecule is C=CCOc1ccc(Cl)cc1/C=c1\sc2n(c1=O)[C@@H](c1ccc(SC)cc1)C(C(=O)OCC)=C(c1ccccc1)N=2.